The number of benzene rings is 1. The first-order valence-corrected chi connectivity index (χ1v) is 12.5. The third-order valence-electron chi connectivity index (χ3n) is 4.50. The van der Waals surface area contributed by atoms with Crippen molar-refractivity contribution in [1.29, 1.82) is 0 Å². The predicted octanol–water partition coefficient (Wildman–Crippen LogP) is -1.42. The predicted molar refractivity (Wildman–Crippen MR) is 143 cm³/mol. The van der Waals surface area contributed by atoms with E-state index in [1.807, 2.05) is 45.2 Å². The number of carbonyl (C=O) groups excluding carboxylic acids is 3. The highest BCUT2D eigenvalue weighted by Gasteiger charge is 2.35. The van der Waals surface area contributed by atoms with Crippen LogP contribution in [0.25, 0.3) is 0 Å². The quantitative estimate of drug-likeness (QED) is 0.131. The van der Waals surface area contributed by atoms with Crippen molar-refractivity contribution in [2.75, 3.05) is 37.0 Å². The first-order chi connectivity index (χ1) is 15.3. The Bertz CT molecular complexity index is 903. The summed E-state index contributed by atoms with van der Waals surface area (Å²) < 4.78 is 1.00. The molecule has 186 valence electrons. The highest BCUT2D eigenvalue weighted by Crippen LogP contribution is 2.40. The van der Waals surface area contributed by atoms with Gasteiger partial charge in [-0.3, -0.25) is 14.4 Å². The van der Waals surface area contributed by atoms with Gasteiger partial charge in [-0.2, -0.15) is 0 Å². The van der Waals surface area contributed by atoms with Crippen LogP contribution < -0.4 is 15.5 Å². The van der Waals surface area contributed by atoms with Crippen LogP contribution in [0.15, 0.2) is 0 Å². The number of carbonyl (C=O) groups is 3. The van der Waals surface area contributed by atoms with Gasteiger partial charge in [0.1, 0.15) is 18.3 Å². The van der Waals surface area contributed by atoms with Gasteiger partial charge < -0.3 is 46.2 Å². The molecule has 0 spiro atoms. The van der Waals surface area contributed by atoms with Gasteiger partial charge in [0.2, 0.25) is 5.91 Å². The highest BCUT2D eigenvalue weighted by atomic mass is 127. The fourth-order valence-corrected chi connectivity index (χ4v) is 7.19. The minimum absolute atomic E-state index is 0.0352. The van der Waals surface area contributed by atoms with E-state index >= 15 is 0 Å². The van der Waals surface area contributed by atoms with Gasteiger partial charge in [-0.05, 0) is 67.8 Å². The largest absolute Gasteiger partial charge is 0.395 e. The van der Waals surface area contributed by atoms with Crippen LogP contribution in [0.3, 0.4) is 0 Å². The number of hydrogen-bond donors (Lipinski definition) is 8. The first kappa shape index (κ1) is 30.6. The second-order valence-electron chi connectivity index (χ2n) is 6.76. The molecule has 0 aliphatic carbocycles. The van der Waals surface area contributed by atoms with Crippen LogP contribution >= 0.6 is 67.8 Å². The van der Waals surface area contributed by atoms with E-state index in [9.17, 15) is 34.8 Å². The molecule has 0 bridgehead atoms. The Balaban J connectivity index is 3.53. The normalized spacial score (nSPS) is 14.8. The van der Waals surface area contributed by atoms with E-state index in [4.69, 9.17) is 10.2 Å². The van der Waals surface area contributed by atoms with Gasteiger partial charge in [0.25, 0.3) is 11.8 Å². The fraction of sp³-hybridized carbons (Fsp3) is 0.500. The molecule has 1 aromatic carbocycles. The van der Waals surface area contributed by atoms with Crippen molar-refractivity contribution in [2.45, 2.75) is 31.3 Å². The number of hydrogen-bond acceptors (Lipinski definition) is 9. The van der Waals surface area contributed by atoms with Gasteiger partial charge in [-0.1, -0.05) is 0 Å². The highest BCUT2D eigenvalue weighted by molar-refractivity contribution is 14.1. The summed E-state index contributed by atoms with van der Waals surface area (Å²) in [5.41, 5.74) is 0.468. The minimum atomic E-state index is -2.20. The van der Waals surface area contributed by atoms with Gasteiger partial charge in [0.05, 0.1) is 40.9 Å². The van der Waals surface area contributed by atoms with Crippen molar-refractivity contribution in [3.8, 4) is 0 Å². The van der Waals surface area contributed by atoms with Crippen molar-refractivity contribution in [3.05, 3.63) is 16.3 Å². The molecule has 0 fully saturated rings. The van der Waals surface area contributed by atoms with Gasteiger partial charge in [0.15, 0.2) is 6.10 Å². The molecule has 15 heteroatoms. The molecule has 0 aromatic heterocycles. The molecule has 0 saturated carbocycles. The Hall–Kier alpha value is -0.420. The number of aliphatic hydroxyl groups excluding tert-OH is 6. The molecular formula is C18H24I3N3O9. The van der Waals surface area contributed by atoms with E-state index in [2.05, 4.69) is 10.6 Å². The average molecular weight is 807 g/mol. The SMILES string of the molecule is CC(=O)N(C)c1c(I)c(NC(=O)[C@@H](O)[C@@H](O)[C@H](O)[C@H](O)CO)c(I)c(C(=O)NCCO)c1I. The van der Waals surface area contributed by atoms with Crippen molar-refractivity contribution in [3.63, 3.8) is 0 Å². The Morgan fingerprint density at radius 3 is 2.03 bits per heavy atom. The molecule has 0 heterocycles. The number of rotatable bonds is 10. The molecule has 0 aliphatic rings. The van der Waals surface area contributed by atoms with Crippen LogP contribution in [0.1, 0.15) is 17.3 Å². The van der Waals surface area contributed by atoms with Crippen LogP contribution in [0.5, 0.6) is 0 Å². The molecule has 1 aromatic rings. The van der Waals surface area contributed by atoms with Crippen molar-refractivity contribution in [1.82, 2.24) is 5.32 Å². The van der Waals surface area contributed by atoms with E-state index < -0.39 is 42.8 Å². The van der Waals surface area contributed by atoms with Crippen LogP contribution in [0.4, 0.5) is 11.4 Å². The monoisotopic (exact) mass is 807 g/mol. The van der Waals surface area contributed by atoms with Crippen LogP contribution in [0.2, 0.25) is 0 Å². The Morgan fingerprint density at radius 1 is 0.970 bits per heavy atom. The number of halogens is 3. The lowest BCUT2D eigenvalue weighted by molar-refractivity contribution is -0.144. The fourth-order valence-electron chi connectivity index (χ4n) is 2.54. The molecule has 12 nitrogen and oxygen atoms in total. The molecule has 8 N–H and O–H groups in total. The Labute approximate surface area is 230 Å². The summed E-state index contributed by atoms with van der Waals surface area (Å²) in [6.07, 6.45) is -8.13. The van der Waals surface area contributed by atoms with E-state index in [1.165, 1.54) is 18.9 Å². The van der Waals surface area contributed by atoms with Crippen molar-refractivity contribution >= 4 is 96.9 Å². The van der Waals surface area contributed by atoms with Crippen LogP contribution in [-0.4, -0.2) is 99.6 Å². The van der Waals surface area contributed by atoms with Gasteiger partial charge >= 0.3 is 0 Å². The van der Waals surface area contributed by atoms with Crippen LogP contribution in [-0.2, 0) is 9.59 Å². The molecule has 1 rings (SSSR count). The zero-order chi connectivity index (χ0) is 25.6. The zero-order valence-electron chi connectivity index (χ0n) is 17.4. The summed E-state index contributed by atoms with van der Waals surface area (Å²) >= 11 is 5.55. The number of nitrogens with zero attached hydrogens (tertiary/aromatic N) is 1. The lowest BCUT2D eigenvalue weighted by atomic mass is 10.0. The van der Waals surface area contributed by atoms with Gasteiger partial charge in [0, 0.05) is 20.5 Å². The zero-order valence-corrected chi connectivity index (χ0v) is 23.9. The third-order valence-corrected chi connectivity index (χ3v) is 7.68. The Morgan fingerprint density at radius 2 is 1.55 bits per heavy atom. The second-order valence-corrected chi connectivity index (χ2v) is 10.00. The second kappa shape index (κ2) is 13.6. The third kappa shape index (κ3) is 7.29. The lowest BCUT2D eigenvalue weighted by Crippen LogP contribution is -2.50. The number of nitrogens with one attached hydrogen (secondary N) is 2. The standard InChI is InChI=1S/C18H24I3N3O9/c1-6(27)24(2)13-10(20)8(17(32)22-3-4-25)9(19)12(11(13)21)23-18(33)16(31)15(30)14(29)7(28)5-26/h7,14-16,25-26,28-31H,3-5H2,1-2H3,(H,22,32)(H,23,33)/t7-,14-,15+,16+/m1/s1. The van der Waals surface area contributed by atoms with E-state index in [0.29, 0.717) is 12.8 Å². The van der Waals surface area contributed by atoms with Gasteiger partial charge in [-0.25, -0.2) is 0 Å². The topological polar surface area (TPSA) is 200 Å². The van der Waals surface area contributed by atoms with E-state index in [1.54, 1.807) is 22.6 Å². The summed E-state index contributed by atoms with van der Waals surface area (Å²) in [6, 6.07) is 0. The molecule has 3 amide bonds. The minimum Gasteiger partial charge on any atom is -0.395 e. The summed E-state index contributed by atoms with van der Waals surface area (Å²) in [5, 5.41) is 62.2. The maximum absolute atomic E-state index is 12.8. The van der Waals surface area contributed by atoms with Crippen molar-refractivity contribution < 1.29 is 45.0 Å². The number of aliphatic hydroxyl groups is 6. The summed E-state index contributed by atoms with van der Waals surface area (Å²) in [6.45, 7) is 0.0556. The molecule has 0 radical (unpaired) electrons. The van der Waals surface area contributed by atoms with Gasteiger partial charge in [-0.15, -0.1) is 0 Å². The number of amides is 3. The molecule has 33 heavy (non-hydrogen) atoms. The molecule has 0 saturated heterocycles. The van der Waals surface area contributed by atoms with Crippen molar-refractivity contribution in [2.24, 2.45) is 0 Å². The van der Waals surface area contributed by atoms with Crippen LogP contribution in [0, 0.1) is 10.7 Å². The summed E-state index contributed by atoms with van der Waals surface area (Å²) in [7, 11) is 1.47. The maximum atomic E-state index is 12.8. The van der Waals surface area contributed by atoms with E-state index in [0.717, 1.165) is 0 Å². The lowest BCUT2D eigenvalue weighted by Gasteiger charge is -2.27. The average Bonchev–Trinajstić information content (AvgIpc) is 2.77. The maximum Gasteiger partial charge on any atom is 0.256 e. The van der Waals surface area contributed by atoms with E-state index in [-0.39, 0.29) is 33.9 Å². The number of anilines is 2. The Kier molecular flexibility index (Phi) is 12.6. The molecule has 0 aliphatic heterocycles. The molecule has 4 atom stereocenters. The summed E-state index contributed by atoms with van der Waals surface area (Å²) in [4.78, 5) is 38.7. The summed E-state index contributed by atoms with van der Waals surface area (Å²) in [5.74, 6) is -2.10. The first-order valence-electron chi connectivity index (χ1n) is 9.29. The molecular weight excluding hydrogens is 783 g/mol. The molecule has 0 unspecified atom stereocenters. The smallest absolute Gasteiger partial charge is 0.256 e.